The Morgan fingerprint density at radius 2 is 2.06 bits per heavy atom. The maximum absolute atomic E-state index is 12.1. The summed E-state index contributed by atoms with van der Waals surface area (Å²) in [7, 11) is 3.70. The first-order chi connectivity index (χ1) is 8.32. The molecule has 0 aromatic rings. The number of carbonyl (C=O) groups is 2. The van der Waals surface area contributed by atoms with Gasteiger partial charge in [-0.2, -0.15) is 0 Å². The van der Waals surface area contributed by atoms with Crippen LogP contribution in [0, 0.1) is 5.92 Å². The first-order valence-corrected chi connectivity index (χ1v) is 6.26. The second-order valence-electron chi connectivity index (χ2n) is 5.18. The Balaban J connectivity index is 2.51. The number of piperazine rings is 1. The van der Waals surface area contributed by atoms with Crippen molar-refractivity contribution in [2.75, 3.05) is 40.3 Å². The van der Waals surface area contributed by atoms with Gasteiger partial charge in [0.15, 0.2) is 0 Å². The van der Waals surface area contributed by atoms with Crippen LogP contribution in [0.2, 0.25) is 0 Å². The second kappa shape index (κ2) is 6.04. The predicted octanol–water partition coefficient (Wildman–Crippen LogP) is 0.395. The van der Waals surface area contributed by atoms with Gasteiger partial charge in [-0.1, -0.05) is 6.92 Å². The zero-order valence-corrected chi connectivity index (χ0v) is 11.6. The molecule has 1 rings (SSSR count). The highest BCUT2D eigenvalue weighted by molar-refractivity contribution is 5.76. The first kappa shape index (κ1) is 14.8. The highest BCUT2D eigenvalue weighted by Crippen LogP contribution is 2.10. The number of aliphatic carboxylic acids is 1. The fourth-order valence-electron chi connectivity index (χ4n) is 2.03. The molecule has 1 saturated heterocycles. The van der Waals surface area contributed by atoms with Gasteiger partial charge in [-0.05, 0) is 14.0 Å². The van der Waals surface area contributed by atoms with E-state index < -0.39 is 11.9 Å². The number of carboxylic acids is 1. The molecule has 1 fully saturated rings. The standard InChI is InChI=1S/C12H23N3O3/c1-9(11(16)17)7-14(4)12(18)15-6-5-13(3)10(2)8-15/h9-10H,5-8H2,1-4H3,(H,16,17). The Morgan fingerprint density at radius 1 is 1.44 bits per heavy atom. The zero-order chi connectivity index (χ0) is 13.9. The van der Waals surface area contributed by atoms with Gasteiger partial charge in [0.05, 0.1) is 5.92 Å². The molecule has 1 aliphatic rings. The largest absolute Gasteiger partial charge is 0.481 e. The zero-order valence-electron chi connectivity index (χ0n) is 11.6. The van der Waals surface area contributed by atoms with Crippen molar-refractivity contribution in [3.05, 3.63) is 0 Å². The Labute approximate surface area is 108 Å². The maximum Gasteiger partial charge on any atom is 0.319 e. The van der Waals surface area contributed by atoms with Crippen LogP contribution < -0.4 is 0 Å². The van der Waals surface area contributed by atoms with Crippen molar-refractivity contribution in [2.45, 2.75) is 19.9 Å². The summed E-state index contributed by atoms with van der Waals surface area (Å²) in [6.45, 7) is 6.19. The van der Waals surface area contributed by atoms with Crippen molar-refractivity contribution in [3.63, 3.8) is 0 Å². The number of hydrogen-bond acceptors (Lipinski definition) is 3. The average molecular weight is 257 g/mol. The van der Waals surface area contributed by atoms with E-state index in [9.17, 15) is 9.59 Å². The van der Waals surface area contributed by atoms with Gasteiger partial charge >= 0.3 is 12.0 Å². The van der Waals surface area contributed by atoms with Crippen molar-refractivity contribution >= 4 is 12.0 Å². The van der Waals surface area contributed by atoms with Gasteiger partial charge < -0.3 is 19.8 Å². The number of rotatable bonds is 3. The Bertz CT molecular complexity index is 322. The molecular formula is C12H23N3O3. The number of hydrogen-bond donors (Lipinski definition) is 1. The SMILES string of the molecule is CC(CN(C)C(=O)N1CCN(C)C(C)C1)C(=O)O. The number of amides is 2. The predicted molar refractivity (Wildman–Crippen MR) is 68.5 cm³/mol. The highest BCUT2D eigenvalue weighted by Gasteiger charge is 2.27. The molecule has 0 saturated carbocycles. The minimum atomic E-state index is -0.874. The van der Waals surface area contributed by atoms with Gasteiger partial charge in [0.1, 0.15) is 0 Å². The van der Waals surface area contributed by atoms with Crippen LogP contribution in [-0.4, -0.2) is 78.1 Å². The number of urea groups is 1. The summed E-state index contributed by atoms with van der Waals surface area (Å²) in [5.74, 6) is -1.41. The van der Waals surface area contributed by atoms with E-state index in [1.165, 1.54) is 4.90 Å². The molecule has 1 heterocycles. The third-order valence-corrected chi connectivity index (χ3v) is 3.53. The van der Waals surface area contributed by atoms with Gasteiger partial charge in [-0.15, -0.1) is 0 Å². The number of carboxylic acid groups (broad SMARTS) is 1. The Hall–Kier alpha value is -1.30. The quantitative estimate of drug-likeness (QED) is 0.794. The summed E-state index contributed by atoms with van der Waals surface area (Å²) in [4.78, 5) is 28.4. The van der Waals surface area contributed by atoms with E-state index in [2.05, 4.69) is 11.8 Å². The van der Waals surface area contributed by atoms with Crippen molar-refractivity contribution in [1.29, 1.82) is 0 Å². The summed E-state index contributed by atoms with van der Waals surface area (Å²) >= 11 is 0. The molecule has 0 aliphatic carbocycles. The van der Waals surface area contributed by atoms with E-state index in [1.807, 2.05) is 7.05 Å². The third-order valence-electron chi connectivity index (χ3n) is 3.53. The Kier molecular flexibility index (Phi) is 4.95. The molecule has 0 aromatic heterocycles. The second-order valence-corrected chi connectivity index (χ2v) is 5.18. The molecule has 0 radical (unpaired) electrons. The lowest BCUT2D eigenvalue weighted by Crippen LogP contribution is -2.55. The van der Waals surface area contributed by atoms with Gasteiger partial charge in [0.2, 0.25) is 0 Å². The minimum Gasteiger partial charge on any atom is -0.481 e. The summed E-state index contributed by atoms with van der Waals surface area (Å²) in [6, 6.07) is 0.260. The molecular weight excluding hydrogens is 234 g/mol. The maximum atomic E-state index is 12.1. The van der Waals surface area contributed by atoms with E-state index in [-0.39, 0.29) is 12.6 Å². The van der Waals surface area contributed by atoms with E-state index in [0.717, 1.165) is 6.54 Å². The van der Waals surface area contributed by atoms with Crippen molar-refractivity contribution in [2.24, 2.45) is 5.92 Å². The molecule has 0 spiro atoms. The highest BCUT2D eigenvalue weighted by atomic mass is 16.4. The average Bonchev–Trinajstić information content (AvgIpc) is 2.31. The monoisotopic (exact) mass is 257 g/mol. The van der Waals surface area contributed by atoms with Crippen LogP contribution in [0.4, 0.5) is 4.79 Å². The molecule has 104 valence electrons. The lowest BCUT2D eigenvalue weighted by Gasteiger charge is -2.39. The summed E-state index contributed by atoms with van der Waals surface area (Å²) in [5, 5.41) is 8.84. The summed E-state index contributed by atoms with van der Waals surface area (Å²) in [5.41, 5.74) is 0. The summed E-state index contributed by atoms with van der Waals surface area (Å²) in [6.07, 6.45) is 0. The van der Waals surface area contributed by atoms with Crippen LogP contribution in [0.5, 0.6) is 0 Å². The van der Waals surface area contributed by atoms with Gasteiger partial charge in [0, 0.05) is 39.3 Å². The smallest absolute Gasteiger partial charge is 0.319 e. The molecule has 0 aromatic carbocycles. The van der Waals surface area contributed by atoms with Crippen LogP contribution in [0.15, 0.2) is 0 Å². The first-order valence-electron chi connectivity index (χ1n) is 6.26. The molecule has 18 heavy (non-hydrogen) atoms. The molecule has 6 heteroatoms. The van der Waals surface area contributed by atoms with Crippen LogP contribution in [0.3, 0.4) is 0 Å². The fraction of sp³-hybridized carbons (Fsp3) is 0.833. The molecule has 2 unspecified atom stereocenters. The number of nitrogens with zero attached hydrogens (tertiary/aromatic N) is 3. The fourth-order valence-corrected chi connectivity index (χ4v) is 2.03. The van der Waals surface area contributed by atoms with Crippen LogP contribution in [0.25, 0.3) is 0 Å². The van der Waals surface area contributed by atoms with Gasteiger partial charge in [0.25, 0.3) is 0 Å². The minimum absolute atomic E-state index is 0.0805. The lowest BCUT2D eigenvalue weighted by atomic mass is 10.2. The van der Waals surface area contributed by atoms with Gasteiger partial charge in [-0.25, -0.2) is 4.79 Å². The molecule has 1 aliphatic heterocycles. The topological polar surface area (TPSA) is 64.1 Å². The van der Waals surface area contributed by atoms with Crippen molar-refractivity contribution < 1.29 is 14.7 Å². The van der Waals surface area contributed by atoms with Crippen LogP contribution in [0.1, 0.15) is 13.8 Å². The van der Waals surface area contributed by atoms with E-state index in [4.69, 9.17) is 5.11 Å². The molecule has 1 N–H and O–H groups in total. The molecule has 0 bridgehead atoms. The lowest BCUT2D eigenvalue weighted by molar-refractivity contribution is -0.141. The van der Waals surface area contributed by atoms with E-state index in [1.54, 1.807) is 18.9 Å². The van der Waals surface area contributed by atoms with Crippen molar-refractivity contribution in [1.82, 2.24) is 14.7 Å². The van der Waals surface area contributed by atoms with E-state index >= 15 is 0 Å². The molecule has 2 amide bonds. The molecule has 6 nitrogen and oxygen atoms in total. The van der Waals surface area contributed by atoms with Crippen LogP contribution in [-0.2, 0) is 4.79 Å². The van der Waals surface area contributed by atoms with Gasteiger partial charge in [-0.3, -0.25) is 4.79 Å². The van der Waals surface area contributed by atoms with E-state index in [0.29, 0.717) is 19.1 Å². The van der Waals surface area contributed by atoms with Crippen molar-refractivity contribution in [3.8, 4) is 0 Å². The summed E-state index contributed by atoms with van der Waals surface area (Å²) < 4.78 is 0. The number of likely N-dealkylation sites (N-methyl/N-ethyl adjacent to an activating group) is 1. The molecule has 2 atom stereocenters. The normalized spacial score (nSPS) is 22.7. The third kappa shape index (κ3) is 3.60. The Morgan fingerprint density at radius 3 is 2.56 bits per heavy atom. The van der Waals surface area contributed by atoms with Crippen LogP contribution >= 0.6 is 0 Å². The number of carbonyl (C=O) groups excluding carboxylic acids is 1.